The van der Waals surface area contributed by atoms with Crippen LogP contribution in [-0.4, -0.2) is 66.3 Å². The minimum atomic E-state index is -0.639. The lowest BCUT2D eigenvalue weighted by Crippen LogP contribution is -2.55. The fourth-order valence-electron chi connectivity index (χ4n) is 3.29. The van der Waals surface area contributed by atoms with Crippen LogP contribution < -0.4 is 9.47 Å². The molecule has 1 unspecified atom stereocenters. The van der Waals surface area contributed by atoms with E-state index in [0.717, 1.165) is 9.37 Å². The Labute approximate surface area is 182 Å². The average Bonchev–Trinajstić information content (AvgIpc) is 2.78. The Morgan fingerprint density at radius 3 is 2.34 bits per heavy atom. The topological polar surface area (TPSA) is 59.1 Å². The molecule has 0 spiro atoms. The standard InChI is InChI=1S/C21H21BrN2O4S/c22-15-5-7-16(8-6-15)29-14-20(25)23-9-11-24(12-10-23)21(26)19-13-27-17-3-1-2-4-18(17)28-19/h1-8,19H,9-14H2. The van der Waals surface area contributed by atoms with Crippen molar-refractivity contribution in [3.05, 3.63) is 53.0 Å². The zero-order chi connectivity index (χ0) is 20.2. The van der Waals surface area contributed by atoms with Gasteiger partial charge in [0.2, 0.25) is 12.0 Å². The molecule has 152 valence electrons. The van der Waals surface area contributed by atoms with E-state index in [9.17, 15) is 9.59 Å². The molecule has 1 atom stereocenters. The second-order valence-corrected chi connectivity index (χ2v) is 8.78. The van der Waals surface area contributed by atoms with Crippen molar-refractivity contribution >= 4 is 39.5 Å². The van der Waals surface area contributed by atoms with Crippen molar-refractivity contribution in [3.8, 4) is 11.5 Å². The van der Waals surface area contributed by atoms with E-state index in [-0.39, 0.29) is 18.4 Å². The molecule has 29 heavy (non-hydrogen) atoms. The second kappa shape index (κ2) is 9.09. The summed E-state index contributed by atoms with van der Waals surface area (Å²) in [5.41, 5.74) is 0. The van der Waals surface area contributed by atoms with E-state index >= 15 is 0 Å². The molecule has 2 heterocycles. The normalized spacial score (nSPS) is 18.4. The third kappa shape index (κ3) is 4.87. The molecular weight excluding hydrogens is 456 g/mol. The third-order valence-corrected chi connectivity index (χ3v) is 6.43. The Morgan fingerprint density at radius 1 is 0.966 bits per heavy atom. The molecule has 2 aliphatic rings. The van der Waals surface area contributed by atoms with E-state index in [4.69, 9.17) is 9.47 Å². The summed E-state index contributed by atoms with van der Waals surface area (Å²) in [6.45, 7) is 2.30. The lowest BCUT2D eigenvalue weighted by molar-refractivity contribution is -0.145. The molecule has 2 aliphatic heterocycles. The van der Waals surface area contributed by atoms with E-state index < -0.39 is 6.10 Å². The number of benzene rings is 2. The number of para-hydroxylation sites is 2. The van der Waals surface area contributed by atoms with Crippen molar-refractivity contribution in [3.63, 3.8) is 0 Å². The van der Waals surface area contributed by atoms with Gasteiger partial charge in [0.1, 0.15) is 6.61 Å². The lowest BCUT2D eigenvalue weighted by Gasteiger charge is -2.37. The molecule has 6 nitrogen and oxygen atoms in total. The maximum atomic E-state index is 12.8. The molecule has 0 saturated carbocycles. The van der Waals surface area contributed by atoms with E-state index in [2.05, 4.69) is 15.9 Å². The molecule has 0 aliphatic carbocycles. The van der Waals surface area contributed by atoms with E-state index in [1.807, 2.05) is 47.4 Å². The SMILES string of the molecule is O=C(CSc1ccc(Br)cc1)N1CCN(C(=O)C2COc3ccccc3O2)CC1. The molecule has 0 radical (unpaired) electrons. The van der Waals surface area contributed by atoms with E-state index in [1.54, 1.807) is 11.0 Å². The van der Waals surface area contributed by atoms with Crippen LogP contribution in [0.1, 0.15) is 0 Å². The van der Waals surface area contributed by atoms with Gasteiger partial charge in [-0.2, -0.15) is 0 Å². The smallest absolute Gasteiger partial charge is 0.267 e. The van der Waals surface area contributed by atoms with Crippen molar-refractivity contribution in [2.24, 2.45) is 0 Å². The maximum absolute atomic E-state index is 12.8. The number of nitrogens with zero attached hydrogens (tertiary/aromatic N) is 2. The molecule has 1 fully saturated rings. The van der Waals surface area contributed by atoms with Gasteiger partial charge in [-0.15, -0.1) is 11.8 Å². The summed E-state index contributed by atoms with van der Waals surface area (Å²) in [6, 6.07) is 15.3. The largest absolute Gasteiger partial charge is 0.485 e. The zero-order valence-corrected chi connectivity index (χ0v) is 18.2. The summed E-state index contributed by atoms with van der Waals surface area (Å²) in [4.78, 5) is 29.9. The number of amides is 2. The van der Waals surface area contributed by atoms with Gasteiger partial charge in [0, 0.05) is 35.5 Å². The summed E-state index contributed by atoms with van der Waals surface area (Å²) < 4.78 is 12.5. The first-order valence-corrected chi connectivity index (χ1v) is 11.2. The quantitative estimate of drug-likeness (QED) is 0.634. The van der Waals surface area contributed by atoms with Crippen LogP contribution in [0.5, 0.6) is 11.5 Å². The fraction of sp³-hybridized carbons (Fsp3) is 0.333. The Kier molecular flexibility index (Phi) is 6.30. The monoisotopic (exact) mass is 476 g/mol. The highest BCUT2D eigenvalue weighted by Gasteiger charge is 2.33. The third-order valence-electron chi connectivity index (χ3n) is 4.90. The number of halogens is 1. The number of piperazine rings is 1. The van der Waals surface area contributed by atoms with Gasteiger partial charge in [-0.25, -0.2) is 0 Å². The van der Waals surface area contributed by atoms with Gasteiger partial charge < -0.3 is 19.3 Å². The van der Waals surface area contributed by atoms with Crippen LogP contribution in [0.25, 0.3) is 0 Å². The average molecular weight is 477 g/mol. The molecule has 2 amide bonds. The second-order valence-electron chi connectivity index (χ2n) is 6.81. The number of hydrogen-bond acceptors (Lipinski definition) is 5. The van der Waals surface area contributed by atoms with Crippen LogP contribution in [0.15, 0.2) is 57.9 Å². The van der Waals surface area contributed by atoms with E-state index in [0.29, 0.717) is 43.4 Å². The van der Waals surface area contributed by atoms with Crippen LogP contribution in [0.4, 0.5) is 0 Å². The molecule has 1 saturated heterocycles. The molecule has 2 aromatic carbocycles. The first-order chi connectivity index (χ1) is 14.1. The number of fused-ring (bicyclic) bond motifs is 1. The number of carbonyl (C=O) groups excluding carboxylic acids is 2. The van der Waals surface area contributed by atoms with Crippen molar-refractivity contribution in [1.29, 1.82) is 0 Å². The van der Waals surface area contributed by atoms with Crippen LogP contribution in [-0.2, 0) is 9.59 Å². The molecule has 0 aromatic heterocycles. The van der Waals surface area contributed by atoms with Gasteiger partial charge in [-0.1, -0.05) is 28.1 Å². The Hall–Kier alpha value is -2.19. The highest BCUT2D eigenvalue weighted by molar-refractivity contribution is 9.10. The molecule has 0 bridgehead atoms. The van der Waals surface area contributed by atoms with Crippen molar-refractivity contribution in [1.82, 2.24) is 9.80 Å². The van der Waals surface area contributed by atoms with Gasteiger partial charge in [-0.3, -0.25) is 9.59 Å². The maximum Gasteiger partial charge on any atom is 0.267 e. The first kappa shape index (κ1) is 20.1. The summed E-state index contributed by atoms with van der Waals surface area (Å²) in [6.07, 6.45) is -0.639. The number of thioether (sulfide) groups is 1. The summed E-state index contributed by atoms with van der Waals surface area (Å²) in [5.74, 6) is 1.66. The number of ether oxygens (including phenoxy) is 2. The van der Waals surface area contributed by atoms with Crippen LogP contribution in [0, 0.1) is 0 Å². The number of carbonyl (C=O) groups is 2. The summed E-state index contributed by atoms with van der Waals surface area (Å²) in [7, 11) is 0. The van der Waals surface area contributed by atoms with Gasteiger partial charge in [0.25, 0.3) is 5.91 Å². The zero-order valence-electron chi connectivity index (χ0n) is 15.8. The molecule has 8 heteroatoms. The van der Waals surface area contributed by atoms with Gasteiger partial charge in [-0.05, 0) is 36.4 Å². The van der Waals surface area contributed by atoms with Gasteiger partial charge in [0.05, 0.1) is 5.75 Å². The predicted octanol–water partition coefficient (Wildman–Crippen LogP) is 3.05. The predicted molar refractivity (Wildman–Crippen MR) is 114 cm³/mol. The highest BCUT2D eigenvalue weighted by Crippen LogP contribution is 2.31. The van der Waals surface area contributed by atoms with Gasteiger partial charge >= 0.3 is 0 Å². The van der Waals surface area contributed by atoms with Crippen LogP contribution in [0.3, 0.4) is 0 Å². The minimum Gasteiger partial charge on any atom is -0.485 e. The number of hydrogen-bond donors (Lipinski definition) is 0. The van der Waals surface area contributed by atoms with Crippen molar-refractivity contribution < 1.29 is 19.1 Å². The molecular formula is C21H21BrN2O4S. The van der Waals surface area contributed by atoms with Gasteiger partial charge in [0.15, 0.2) is 11.5 Å². The van der Waals surface area contributed by atoms with Crippen molar-refractivity contribution in [2.45, 2.75) is 11.0 Å². The molecule has 4 rings (SSSR count). The first-order valence-electron chi connectivity index (χ1n) is 9.43. The summed E-state index contributed by atoms with van der Waals surface area (Å²) in [5, 5.41) is 0. The fourth-order valence-corrected chi connectivity index (χ4v) is 4.35. The Balaban J connectivity index is 1.25. The van der Waals surface area contributed by atoms with E-state index in [1.165, 1.54) is 11.8 Å². The molecule has 0 N–H and O–H groups in total. The highest BCUT2D eigenvalue weighted by atomic mass is 79.9. The molecule has 2 aromatic rings. The lowest BCUT2D eigenvalue weighted by atomic mass is 10.2. The van der Waals surface area contributed by atoms with Crippen LogP contribution >= 0.6 is 27.7 Å². The van der Waals surface area contributed by atoms with Crippen LogP contribution in [0.2, 0.25) is 0 Å². The Bertz CT molecular complexity index is 885. The number of rotatable bonds is 4. The minimum absolute atomic E-state index is 0.0872. The summed E-state index contributed by atoms with van der Waals surface area (Å²) >= 11 is 4.93. The Morgan fingerprint density at radius 2 is 1.62 bits per heavy atom. The van der Waals surface area contributed by atoms with Crippen molar-refractivity contribution in [2.75, 3.05) is 38.5 Å².